The van der Waals surface area contributed by atoms with E-state index in [2.05, 4.69) is 6.92 Å². The largest absolute Gasteiger partial charge is 1.00 e. The van der Waals surface area contributed by atoms with Crippen molar-refractivity contribution in [2.75, 3.05) is 5.75 Å². The van der Waals surface area contributed by atoms with Crippen LogP contribution < -0.4 is 69.3 Å². The molecular weight excluding hydrogens is 442 g/mol. The summed E-state index contributed by atoms with van der Waals surface area (Å²) in [5.41, 5.74) is -0.788. The number of hydrogen-bond donors (Lipinski definition) is 1. The number of unbranched alkanes of at least 4 members (excludes halogenated alkanes) is 11. The van der Waals surface area contributed by atoms with Gasteiger partial charge in [0.15, 0.2) is 0 Å². The molecule has 0 aliphatic rings. The molecule has 0 aromatic heterocycles. The Morgan fingerprint density at radius 1 is 0.645 bits per heavy atom. The van der Waals surface area contributed by atoms with Crippen LogP contribution in [0, 0.1) is 0 Å². The van der Waals surface area contributed by atoms with Crippen LogP contribution >= 0.6 is 0 Å². The molecule has 0 aromatic carbocycles. The summed E-state index contributed by atoms with van der Waals surface area (Å²) in [7, 11) is -4.23. The average Bonchev–Trinajstić information content (AvgIpc) is 2.62. The van der Waals surface area contributed by atoms with Crippen LogP contribution in [0.25, 0.3) is 0 Å². The zero-order valence-corrected chi connectivity index (χ0v) is 24.4. The van der Waals surface area contributed by atoms with Gasteiger partial charge in [-0.25, -0.2) is 0 Å². The molecular formula is C21H36Na2O7S. The van der Waals surface area contributed by atoms with Crippen LogP contribution in [0.4, 0.5) is 0 Å². The zero-order chi connectivity index (χ0) is 22.1. The summed E-state index contributed by atoms with van der Waals surface area (Å²) in [6.45, 7) is 2.20. The second-order valence-electron chi connectivity index (χ2n) is 7.56. The molecule has 10 heteroatoms. The third-order valence-corrected chi connectivity index (χ3v) is 5.77. The van der Waals surface area contributed by atoms with Crippen molar-refractivity contribution >= 4 is 22.1 Å². The summed E-state index contributed by atoms with van der Waals surface area (Å²) in [6.07, 6.45) is 13.0. The summed E-state index contributed by atoms with van der Waals surface area (Å²) < 4.78 is 30.2. The first-order valence-electron chi connectivity index (χ1n) is 10.8. The van der Waals surface area contributed by atoms with Crippen LogP contribution in [0.2, 0.25) is 0 Å². The number of carboxylic acids is 2. The molecule has 0 saturated carbocycles. The van der Waals surface area contributed by atoms with Gasteiger partial charge in [0.2, 0.25) is 0 Å². The van der Waals surface area contributed by atoms with Crippen molar-refractivity contribution in [2.45, 2.75) is 103 Å². The smallest absolute Gasteiger partial charge is 0.545 e. The van der Waals surface area contributed by atoms with Crippen molar-refractivity contribution < 1.29 is 91.9 Å². The van der Waals surface area contributed by atoms with Crippen LogP contribution in [-0.2, 0) is 19.7 Å². The van der Waals surface area contributed by atoms with Crippen LogP contribution in [0.3, 0.4) is 0 Å². The standard InChI is InChI=1S/C21H38O7S.2Na/c1-2-3-4-5-6-7-8-9-10-11-12-13-15-18(20(22)23)19(21(24)25)16-14-17-29(26,27)28;;/h2-17H2,1H3,(H,22,23)(H,24,25)(H,26,27,28);;/q;2*+1/p-2/b19-18-;;. The van der Waals surface area contributed by atoms with Gasteiger partial charge in [-0.05, 0) is 36.8 Å². The minimum atomic E-state index is -4.23. The van der Waals surface area contributed by atoms with Gasteiger partial charge in [0.25, 0.3) is 10.1 Å². The normalized spacial score (nSPS) is 11.8. The molecule has 0 aliphatic heterocycles. The van der Waals surface area contributed by atoms with Crippen LogP contribution in [-0.4, -0.2) is 30.7 Å². The Kier molecular flexibility index (Phi) is 26.1. The first-order valence-corrected chi connectivity index (χ1v) is 12.4. The molecule has 1 N–H and O–H groups in total. The van der Waals surface area contributed by atoms with Crippen molar-refractivity contribution in [1.82, 2.24) is 0 Å². The number of carboxylic acid groups (broad SMARTS) is 2. The predicted octanol–water partition coefficient (Wildman–Crippen LogP) is -3.45. The van der Waals surface area contributed by atoms with Crippen molar-refractivity contribution in [1.29, 1.82) is 0 Å². The van der Waals surface area contributed by atoms with Gasteiger partial charge < -0.3 is 19.8 Å². The van der Waals surface area contributed by atoms with Crippen LogP contribution in [0.15, 0.2) is 11.1 Å². The van der Waals surface area contributed by atoms with Gasteiger partial charge in [-0.3, -0.25) is 4.55 Å². The molecule has 0 heterocycles. The molecule has 0 aromatic rings. The summed E-state index contributed by atoms with van der Waals surface area (Å²) in [4.78, 5) is 22.6. The molecule has 0 fully saturated rings. The summed E-state index contributed by atoms with van der Waals surface area (Å²) in [5.74, 6) is -3.85. The molecule has 31 heavy (non-hydrogen) atoms. The Morgan fingerprint density at radius 3 is 1.29 bits per heavy atom. The predicted molar refractivity (Wildman–Crippen MR) is 108 cm³/mol. The van der Waals surface area contributed by atoms with Gasteiger partial charge >= 0.3 is 59.1 Å². The Bertz CT molecular complexity index is 619. The molecule has 0 saturated heterocycles. The van der Waals surface area contributed by atoms with Gasteiger partial charge in [-0.1, -0.05) is 77.6 Å². The Morgan fingerprint density at radius 2 is 0.968 bits per heavy atom. The van der Waals surface area contributed by atoms with E-state index in [0.717, 1.165) is 25.7 Å². The monoisotopic (exact) mass is 478 g/mol. The molecule has 0 bridgehead atoms. The molecule has 170 valence electrons. The average molecular weight is 479 g/mol. The summed E-state index contributed by atoms with van der Waals surface area (Å²) in [6, 6.07) is 0. The quantitative estimate of drug-likeness (QED) is 0.0883. The maximum Gasteiger partial charge on any atom is 1.00 e. The van der Waals surface area contributed by atoms with Gasteiger partial charge in [0, 0.05) is 0 Å². The number of carbonyl (C=O) groups is 2. The number of aliphatic carboxylic acids is 2. The Hall–Kier alpha value is 0.590. The first kappa shape index (κ1) is 36.2. The van der Waals surface area contributed by atoms with E-state index >= 15 is 0 Å². The Balaban J connectivity index is -0.00000392. The molecule has 0 rings (SSSR count). The van der Waals surface area contributed by atoms with E-state index in [1.165, 1.54) is 44.9 Å². The molecule has 0 spiro atoms. The molecule has 7 nitrogen and oxygen atoms in total. The van der Waals surface area contributed by atoms with E-state index < -0.39 is 33.4 Å². The second-order valence-corrected chi connectivity index (χ2v) is 9.13. The van der Waals surface area contributed by atoms with Gasteiger partial charge in [0.1, 0.15) is 0 Å². The second kappa shape index (κ2) is 22.4. The topological polar surface area (TPSA) is 135 Å². The fraction of sp³-hybridized carbons (Fsp3) is 0.810. The zero-order valence-electron chi connectivity index (χ0n) is 19.6. The molecule has 0 unspecified atom stereocenters. The maximum atomic E-state index is 11.3. The fourth-order valence-electron chi connectivity index (χ4n) is 3.33. The number of hydrogen-bond acceptors (Lipinski definition) is 6. The van der Waals surface area contributed by atoms with E-state index in [1.807, 2.05) is 0 Å². The fourth-order valence-corrected chi connectivity index (χ4v) is 3.84. The summed E-state index contributed by atoms with van der Waals surface area (Å²) in [5, 5.41) is 22.6. The third-order valence-electron chi connectivity index (χ3n) is 4.97. The van der Waals surface area contributed by atoms with Crippen molar-refractivity contribution in [3.05, 3.63) is 11.1 Å². The first-order chi connectivity index (χ1) is 13.7. The molecule has 0 atom stereocenters. The van der Waals surface area contributed by atoms with Crippen molar-refractivity contribution in [3.63, 3.8) is 0 Å². The number of rotatable bonds is 19. The van der Waals surface area contributed by atoms with E-state index in [1.54, 1.807) is 0 Å². The van der Waals surface area contributed by atoms with Crippen molar-refractivity contribution in [3.8, 4) is 0 Å². The van der Waals surface area contributed by atoms with Crippen LogP contribution in [0.1, 0.15) is 103 Å². The number of carbonyl (C=O) groups excluding carboxylic acids is 2. The SMILES string of the molecule is CCCCCCCCCCCCCC/C(C(=O)[O-])=C(\CCCS(=O)(=O)O)C(=O)[O-].[Na+].[Na+]. The van der Waals surface area contributed by atoms with Gasteiger partial charge in [-0.2, -0.15) is 8.42 Å². The summed E-state index contributed by atoms with van der Waals surface area (Å²) >= 11 is 0. The Labute approximate surface area is 232 Å². The van der Waals surface area contributed by atoms with Crippen molar-refractivity contribution in [2.24, 2.45) is 0 Å². The third kappa shape index (κ3) is 22.2. The van der Waals surface area contributed by atoms with E-state index in [9.17, 15) is 28.2 Å². The van der Waals surface area contributed by atoms with E-state index in [0.29, 0.717) is 6.42 Å². The van der Waals surface area contributed by atoms with E-state index in [-0.39, 0.29) is 84.0 Å². The molecule has 0 radical (unpaired) electrons. The minimum Gasteiger partial charge on any atom is -0.545 e. The minimum absolute atomic E-state index is 0. The van der Waals surface area contributed by atoms with E-state index in [4.69, 9.17) is 4.55 Å². The van der Waals surface area contributed by atoms with Gasteiger partial charge in [-0.15, -0.1) is 0 Å². The van der Waals surface area contributed by atoms with Crippen LogP contribution in [0.5, 0.6) is 0 Å². The molecule has 0 amide bonds. The maximum absolute atomic E-state index is 11.3. The molecule has 0 aliphatic carbocycles. The van der Waals surface area contributed by atoms with Gasteiger partial charge in [0.05, 0.1) is 17.7 Å².